The van der Waals surface area contributed by atoms with Crippen molar-refractivity contribution in [2.45, 2.75) is 0 Å². The molecule has 8 heteroatoms. The number of carbonyl (C=O) groups is 2. The maximum atomic E-state index is 12.1. The fourth-order valence-electron chi connectivity index (χ4n) is 1.63. The number of thiophene rings is 1. The molecule has 0 aliphatic carbocycles. The molecule has 0 aliphatic rings. The molecule has 0 aliphatic heterocycles. The highest BCUT2D eigenvalue weighted by Gasteiger charge is 2.13. The molecule has 1 aromatic carbocycles. The van der Waals surface area contributed by atoms with Gasteiger partial charge in [-0.05, 0) is 56.1 Å². The number of carbonyl (C=O) groups excluding carboxylic acids is 2. The lowest BCUT2D eigenvalue weighted by Gasteiger charge is -2.13. The Labute approximate surface area is 148 Å². The molecule has 0 atom stereocenters. The first-order valence-electron chi connectivity index (χ1n) is 6.21. The first-order chi connectivity index (χ1) is 10.4. The lowest BCUT2D eigenvalue weighted by Crippen LogP contribution is -2.41. The monoisotopic (exact) mass is 445 g/mol. The fourth-order valence-corrected chi connectivity index (χ4v) is 3.56. The molecule has 0 unspecified atom stereocenters. The van der Waals surface area contributed by atoms with E-state index in [-0.39, 0.29) is 11.8 Å². The Hall–Kier alpha value is -1.38. The van der Waals surface area contributed by atoms with Gasteiger partial charge < -0.3 is 4.90 Å². The Morgan fingerprint density at radius 3 is 2.36 bits per heavy atom. The summed E-state index contributed by atoms with van der Waals surface area (Å²) in [6, 6.07) is 8.81. The molecule has 5 nitrogen and oxygen atoms in total. The van der Waals surface area contributed by atoms with Crippen LogP contribution in [0.4, 0.5) is 5.69 Å². The van der Waals surface area contributed by atoms with Gasteiger partial charge in [0.25, 0.3) is 11.8 Å². The zero-order valence-electron chi connectivity index (χ0n) is 11.8. The maximum Gasteiger partial charge on any atom is 0.279 e. The van der Waals surface area contributed by atoms with Crippen LogP contribution in [0.1, 0.15) is 20.0 Å². The molecule has 2 aromatic rings. The Balaban J connectivity index is 2.00. The van der Waals surface area contributed by atoms with Gasteiger partial charge >= 0.3 is 0 Å². The molecular formula is C14H13Br2N3O2S. The van der Waals surface area contributed by atoms with Crippen LogP contribution in [0.5, 0.6) is 0 Å². The SMILES string of the molecule is CN(C)c1cccc(C(=O)NNC(=O)c2cc(Br)c(Br)s2)c1. The summed E-state index contributed by atoms with van der Waals surface area (Å²) in [5, 5.41) is 0. The van der Waals surface area contributed by atoms with E-state index in [1.807, 2.05) is 25.1 Å². The van der Waals surface area contributed by atoms with E-state index in [4.69, 9.17) is 0 Å². The lowest BCUT2D eigenvalue weighted by molar-refractivity contribution is 0.0849. The van der Waals surface area contributed by atoms with Crippen molar-refractivity contribution in [2.75, 3.05) is 19.0 Å². The van der Waals surface area contributed by atoms with E-state index in [2.05, 4.69) is 42.7 Å². The molecule has 0 spiro atoms. The number of hydrogen-bond donors (Lipinski definition) is 2. The summed E-state index contributed by atoms with van der Waals surface area (Å²) in [6.45, 7) is 0. The zero-order chi connectivity index (χ0) is 16.3. The summed E-state index contributed by atoms with van der Waals surface area (Å²) in [5.41, 5.74) is 6.19. The molecule has 2 amide bonds. The molecule has 0 saturated carbocycles. The average molecular weight is 447 g/mol. The van der Waals surface area contributed by atoms with Crippen molar-refractivity contribution in [3.63, 3.8) is 0 Å². The van der Waals surface area contributed by atoms with Gasteiger partial charge in [0.2, 0.25) is 0 Å². The second kappa shape index (κ2) is 7.26. The molecule has 22 heavy (non-hydrogen) atoms. The Bertz CT molecular complexity index is 696. The summed E-state index contributed by atoms with van der Waals surface area (Å²) in [7, 11) is 3.79. The van der Waals surface area contributed by atoms with E-state index >= 15 is 0 Å². The standard InChI is InChI=1S/C14H13Br2N3O2S/c1-19(2)9-5-3-4-8(6-9)13(20)17-18-14(21)11-7-10(15)12(16)22-11/h3-7H,1-2H3,(H,17,20)(H,18,21). The number of anilines is 1. The molecule has 0 fully saturated rings. The minimum Gasteiger partial charge on any atom is -0.378 e. The van der Waals surface area contributed by atoms with Gasteiger partial charge in [0, 0.05) is 29.8 Å². The number of nitrogens with one attached hydrogen (secondary N) is 2. The third kappa shape index (κ3) is 4.08. The predicted octanol–water partition coefficient (Wildman–Crippen LogP) is 3.41. The summed E-state index contributed by atoms with van der Waals surface area (Å²) in [5.74, 6) is -0.736. The first kappa shape index (κ1) is 17.0. The normalized spacial score (nSPS) is 10.2. The lowest BCUT2D eigenvalue weighted by atomic mass is 10.2. The van der Waals surface area contributed by atoms with Crippen molar-refractivity contribution >= 4 is 60.7 Å². The van der Waals surface area contributed by atoms with Crippen molar-refractivity contribution in [3.8, 4) is 0 Å². The highest BCUT2D eigenvalue weighted by Crippen LogP contribution is 2.32. The van der Waals surface area contributed by atoms with Gasteiger partial charge in [-0.25, -0.2) is 0 Å². The van der Waals surface area contributed by atoms with Crippen LogP contribution in [0.15, 0.2) is 38.6 Å². The molecule has 0 bridgehead atoms. The Kier molecular flexibility index (Phi) is 5.60. The van der Waals surface area contributed by atoms with Crippen molar-refractivity contribution in [3.05, 3.63) is 49.0 Å². The van der Waals surface area contributed by atoms with E-state index in [1.165, 1.54) is 11.3 Å². The topological polar surface area (TPSA) is 61.4 Å². The molecule has 0 saturated heterocycles. The van der Waals surface area contributed by atoms with Crippen LogP contribution >= 0.6 is 43.2 Å². The van der Waals surface area contributed by atoms with E-state index in [0.717, 1.165) is 13.9 Å². The third-order valence-corrected chi connectivity index (χ3v) is 6.04. The summed E-state index contributed by atoms with van der Waals surface area (Å²) in [4.78, 5) is 26.4. The largest absolute Gasteiger partial charge is 0.378 e. The van der Waals surface area contributed by atoms with Gasteiger partial charge in [-0.3, -0.25) is 20.4 Å². The van der Waals surface area contributed by atoms with Crippen LogP contribution < -0.4 is 15.8 Å². The van der Waals surface area contributed by atoms with E-state index < -0.39 is 0 Å². The van der Waals surface area contributed by atoms with Gasteiger partial charge in [0.05, 0.1) is 8.66 Å². The Morgan fingerprint density at radius 2 is 1.77 bits per heavy atom. The van der Waals surface area contributed by atoms with Crippen LogP contribution in [0, 0.1) is 0 Å². The van der Waals surface area contributed by atoms with Gasteiger partial charge in [0.1, 0.15) is 0 Å². The van der Waals surface area contributed by atoms with Crippen molar-refractivity contribution in [1.82, 2.24) is 10.9 Å². The summed E-state index contributed by atoms with van der Waals surface area (Å²) < 4.78 is 1.62. The smallest absolute Gasteiger partial charge is 0.279 e. The third-order valence-electron chi connectivity index (χ3n) is 2.78. The zero-order valence-corrected chi connectivity index (χ0v) is 15.8. The van der Waals surface area contributed by atoms with Crippen molar-refractivity contribution < 1.29 is 9.59 Å². The number of hydrazine groups is 1. The van der Waals surface area contributed by atoms with Crippen LogP contribution in [0.3, 0.4) is 0 Å². The molecule has 2 rings (SSSR count). The van der Waals surface area contributed by atoms with E-state index in [0.29, 0.717) is 10.4 Å². The summed E-state index contributed by atoms with van der Waals surface area (Å²) >= 11 is 7.91. The number of hydrogen-bond acceptors (Lipinski definition) is 4. The van der Waals surface area contributed by atoms with Crippen LogP contribution in [-0.2, 0) is 0 Å². The number of amides is 2. The minimum absolute atomic E-state index is 0.367. The number of rotatable bonds is 3. The minimum atomic E-state index is -0.369. The predicted molar refractivity (Wildman–Crippen MR) is 95.4 cm³/mol. The van der Waals surface area contributed by atoms with Crippen molar-refractivity contribution in [2.24, 2.45) is 0 Å². The van der Waals surface area contributed by atoms with Crippen LogP contribution in [-0.4, -0.2) is 25.9 Å². The maximum absolute atomic E-state index is 12.1. The van der Waals surface area contributed by atoms with Crippen molar-refractivity contribution in [1.29, 1.82) is 0 Å². The molecule has 116 valence electrons. The van der Waals surface area contributed by atoms with E-state index in [1.54, 1.807) is 24.3 Å². The van der Waals surface area contributed by atoms with Crippen LogP contribution in [0.2, 0.25) is 0 Å². The highest BCUT2D eigenvalue weighted by molar-refractivity contribution is 9.13. The van der Waals surface area contributed by atoms with Gasteiger partial charge in [-0.1, -0.05) is 6.07 Å². The Morgan fingerprint density at radius 1 is 1.09 bits per heavy atom. The quantitative estimate of drug-likeness (QED) is 0.710. The van der Waals surface area contributed by atoms with Gasteiger partial charge in [-0.2, -0.15) is 0 Å². The number of benzene rings is 1. The van der Waals surface area contributed by atoms with Crippen LogP contribution in [0.25, 0.3) is 0 Å². The second-order valence-electron chi connectivity index (χ2n) is 4.59. The average Bonchev–Trinajstić information content (AvgIpc) is 2.84. The number of halogens is 2. The highest BCUT2D eigenvalue weighted by atomic mass is 79.9. The van der Waals surface area contributed by atoms with Gasteiger partial charge in [0.15, 0.2) is 0 Å². The number of nitrogens with zero attached hydrogens (tertiary/aromatic N) is 1. The molecular weight excluding hydrogens is 434 g/mol. The molecule has 1 aromatic heterocycles. The second-order valence-corrected chi connectivity index (χ2v) is 7.81. The summed E-state index contributed by atoms with van der Waals surface area (Å²) in [6.07, 6.45) is 0. The molecule has 0 radical (unpaired) electrons. The molecule has 1 heterocycles. The fraction of sp³-hybridized carbons (Fsp3) is 0.143. The molecule has 2 N–H and O–H groups in total. The van der Waals surface area contributed by atoms with Gasteiger partial charge in [-0.15, -0.1) is 11.3 Å². The van der Waals surface area contributed by atoms with E-state index in [9.17, 15) is 9.59 Å². The first-order valence-corrected chi connectivity index (χ1v) is 8.61.